The van der Waals surface area contributed by atoms with Gasteiger partial charge >= 0.3 is 0 Å². The molecule has 27 heavy (non-hydrogen) atoms. The Balaban J connectivity index is 1.82. The van der Waals surface area contributed by atoms with E-state index in [2.05, 4.69) is 5.32 Å². The average molecular weight is 384 g/mol. The normalized spacial score (nSPS) is 10.5. The van der Waals surface area contributed by atoms with Crippen LogP contribution in [0.15, 0.2) is 48.5 Å². The van der Waals surface area contributed by atoms with Crippen LogP contribution in [0, 0.1) is 12.7 Å². The second kappa shape index (κ2) is 7.59. The third kappa shape index (κ3) is 3.98. The van der Waals surface area contributed by atoms with E-state index < -0.39 is 17.6 Å². The van der Waals surface area contributed by atoms with Crippen LogP contribution in [0.5, 0.6) is 5.75 Å². The molecule has 1 aromatic heterocycles. The Hall–Kier alpha value is -3.19. The van der Waals surface area contributed by atoms with Gasteiger partial charge in [0.25, 0.3) is 5.91 Å². The zero-order valence-electron chi connectivity index (χ0n) is 14.7. The van der Waals surface area contributed by atoms with E-state index in [1.807, 2.05) is 31.2 Å². The second-order valence-corrected chi connectivity index (χ2v) is 7.08. The molecule has 0 saturated heterocycles. The van der Waals surface area contributed by atoms with Crippen LogP contribution < -0.4 is 15.8 Å². The van der Waals surface area contributed by atoms with Gasteiger partial charge in [0.1, 0.15) is 11.6 Å². The number of methoxy groups -OCH3 is 1. The SMILES string of the molecule is COc1ccc(-c2cc(C(=O)Nc3ccc(C(N)=O)cc3F)sc2C)cc1. The van der Waals surface area contributed by atoms with Crippen LogP contribution in [-0.2, 0) is 0 Å². The molecule has 138 valence electrons. The Kier molecular flexibility index (Phi) is 5.23. The van der Waals surface area contributed by atoms with Crippen LogP contribution in [0.3, 0.4) is 0 Å². The number of hydrogen-bond donors (Lipinski definition) is 2. The molecule has 1 heterocycles. The van der Waals surface area contributed by atoms with Gasteiger partial charge in [-0.3, -0.25) is 9.59 Å². The minimum absolute atomic E-state index is 0.0120. The van der Waals surface area contributed by atoms with Crippen molar-refractivity contribution in [2.75, 3.05) is 12.4 Å². The molecule has 3 N–H and O–H groups in total. The summed E-state index contributed by atoms with van der Waals surface area (Å²) in [7, 11) is 1.60. The van der Waals surface area contributed by atoms with Gasteiger partial charge in [-0.15, -0.1) is 11.3 Å². The lowest BCUT2D eigenvalue weighted by atomic mass is 10.1. The van der Waals surface area contributed by atoms with E-state index in [-0.39, 0.29) is 11.3 Å². The standard InChI is InChI=1S/C20H17FN2O3S/c1-11-15(12-3-6-14(26-2)7-4-12)10-18(27-11)20(25)23-17-8-5-13(19(22)24)9-16(17)21/h3-10H,1-2H3,(H2,22,24)(H,23,25). The molecule has 3 rings (SSSR count). The average Bonchev–Trinajstić information content (AvgIpc) is 3.05. The number of primary amides is 1. The number of carbonyl (C=O) groups excluding carboxylic acids is 2. The van der Waals surface area contributed by atoms with Crippen LogP contribution in [0.1, 0.15) is 24.9 Å². The molecule has 0 atom stereocenters. The van der Waals surface area contributed by atoms with E-state index in [4.69, 9.17) is 10.5 Å². The van der Waals surface area contributed by atoms with Gasteiger partial charge in [-0.25, -0.2) is 4.39 Å². The summed E-state index contributed by atoms with van der Waals surface area (Å²) in [5.41, 5.74) is 7.03. The Bertz CT molecular complexity index is 1010. The van der Waals surface area contributed by atoms with Gasteiger partial charge in [0.15, 0.2) is 0 Å². The molecule has 0 aliphatic heterocycles. The van der Waals surface area contributed by atoms with Crippen molar-refractivity contribution in [2.24, 2.45) is 5.73 Å². The number of thiophene rings is 1. The largest absolute Gasteiger partial charge is 0.497 e. The van der Waals surface area contributed by atoms with Crippen molar-refractivity contribution in [3.05, 3.63) is 69.7 Å². The molecule has 0 aliphatic carbocycles. The van der Waals surface area contributed by atoms with Crippen molar-refractivity contribution in [2.45, 2.75) is 6.92 Å². The molecule has 3 aromatic rings. The maximum Gasteiger partial charge on any atom is 0.265 e. The molecule has 5 nitrogen and oxygen atoms in total. The lowest BCUT2D eigenvalue weighted by molar-refractivity contribution is 0.0998. The fourth-order valence-electron chi connectivity index (χ4n) is 2.60. The zero-order chi connectivity index (χ0) is 19.6. The summed E-state index contributed by atoms with van der Waals surface area (Å²) < 4.78 is 19.2. The molecule has 0 fully saturated rings. The van der Waals surface area contributed by atoms with Gasteiger partial charge in [-0.05, 0) is 54.4 Å². The number of aryl methyl sites for hydroxylation is 1. The number of nitrogens with one attached hydrogen (secondary N) is 1. The summed E-state index contributed by atoms with van der Waals surface area (Å²) in [5.74, 6) is -1.12. The Morgan fingerprint density at radius 3 is 2.41 bits per heavy atom. The lowest BCUT2D eigenvalue weighted by Gasteiger charge is -2.06. The first-order valence-electron chi connectivity index (χ1n) is 8.04. The van der Waals surface area contributed by atoms with Crippen molar-refractivity contribution < 1.29 is 18.7 Å². The summed E-state index contributed by atoms with van der Waals surface area (Å²) >= 11 is 1.32. The molecule has 2 aromatic carbocycles. The van der Waals surface area contributed by atoms with E-state index in [0.29, 0.717) is 4.88 Å². The van der Waals surface area contributed by atoms with Gasteiger partial charge < -0.3 is 15.8 Å². The molecule has 0 radical (unpaired) electrons. The summed E-state index contributed by atoms with van der Waals surface area (Å²) in [4.78, 5) is 25.0. The predicted octanol–water partition coefficient (Wildman–Crippen LogP) is 4.22. The fourth-order valence-corrected chi connectivity index (χ4v) is 3.54. The van der Waals surface area contributed by atoms with Crippen molar-refractivity contribution >= 4 is 28.8 Å². The number of nitrogens with two attached hydrogens (primary N) is 1. The van der Waals surface area contributed by atoms with E-state index >= 15 is 0 Å². The van der Waals surface area contributed by atoms with Crippen molar-refractivity contribution in [3.63, 3.8) is 0 Å². The summed E-state index contributed by atoms with van der Waals surface area (Å²) in [6.07, 6.45) is 0. The monoisotopic (exact) mass is 384 g/mol. The first kappa shape index (κ1) is 18.6. The third-order valence-electron chi connectivity index (χ3n) is 4.04. The molecule has 0 saturated carbocycles. The number of halogens is 1. The number of rotatable bonds is 5. The predicted molar refractivity (Wildman–Crippen MR) is 104 cm³/mol. The Labute approximate surface area is 159 Å². The van der Waals surface area contributed by atoms with E-state index in [1.54, 1.807) is 13.2 Å². The number of hydrogen-bond acceptors (Lipinski definition) is 4. The van der Waals surface area contributed by atoms with Crippen molar-refractivity contribution in [1.82, 2.24) is 0 Å². The highest BCUT2D eigenvalue weighted by atomic mass is 32.1. The zero-order valence-corrected chi connectivity index (χ0v) is 15.5. The van der Waals surface area contributed by atoms with Gasteiger partial charge in [0.2, 0.25) is 5.91 Å². The first-order chi connectivity index (χ1) is 12.9. The van der Waals surface area contributed by atoms with E-state index in [0.717, 1.165) is 27.8 Å². The topological polar surface area (TPSA) is 81.4 Å². The molecule has 0 spiro atoms. The summed E-state index contributed by atoms with van der Waals surface area (Å²) in [5, 5.41) is 2.53. The molecular weight excluding hydrogens is 367 g/mol. The van der Waals surface area contributed by atoms with Gasteiger partial charge in [0, 0.05) is 10.4 Å². The Morgan fingerprint density at radius 1 is 1.11 bits per heavy atom. The van der Waals surface area contributed by atoms with Gasteiger partial charge in [-0.2, -0.15) is 0 Å². The number of benzene rings is 2. The van der Waals surface area contributed by atoms with Crippen molar-refractivity contribution in [1.29, 1.82) is 0 Å². The smallest absolute Gasteiger partial charge is 0.265 e. The molecule has 2 amide bonds. The maximum atomic E-state index is 14.1. The molecule has 0 aliphatic rings. The van der Waals surface area contributed by atoms with Crippen LogP contribution in [0.25, 0.3) is 11.1 Å². The van der Waals surface area contributed by atoms with Crippen LogP contribution in [0.2, 0.25) is 0 Å². The van der Waals surface area contributed by atoms with Crippen LogP contribution in [0.4, 0.5) is 10.1 Å². The van der Waals surface area contributed by atoms with Crippen LogP contribution >= 0.6 is 11.3 Å². The van der Waals surface area contributed by atoms with Crippen molar-refractivity contribution in [3.8, 4) is 16.9 Å². The van der Waals surface area contributed by atoms with E-state index in [1.165, 1.54) is 23.5 Å². The molecule has 0 unspecified atom stereocenters. The maximum absolute atomic E-state index is 14.1. The van der Waals surface area contributed by atoms with E-state index in [9.17, 15) is 14.0 Å². The minimum atomic E-state index is -0.732. The van der Waals surface area contributed by atoms with Gasteiger partial charge in [-0.1, -0.05) is 12.1 Å². The number of ether oxygens (including phenoxy) is 1. The van der Waals surface area contributed by atoms with Crippen LogP contribution in [-0.4, -0.2) is 18.9 Å². The lowest BCUT2D eigenvalue weighted by Crippen LogP contribution is -2.14. The minimum Gasteiger partial charge on any atom is -0.497 e. The Morgan fingerprint density at radius 2 is 1.81 bits per heavy atom. The third-order valence-corrected chi connectivity index (χ3v) is 5.09. The number of anilines is 1. The highest BCUT2D eigenvalue weighted by Crippen LogP contribution is 2.32. The fraction of sp³-hybridized carbons (Fsp3) is 0.100. The number of carbonyl (C=O) groups is 2. The number of amides is 2. The summed E-state index contributed by atoms with van der Waals surface area (Å²) in [6.45, 7) is 1.92. The molecule has 7 heteroatoms. The first-order valence-corrected chi connectivity index (χ1v) is 8.86. The highest BCUT2D eigenvalue weighted by molar-refractivity contribution is 7.14. The molecular formula is C20H17FN2O3S. The van der Waals surface area contributed by atoms with Gasteiger partial charge in [0.05, 0.1) is 17.7 Å². The molecule has 0 bridgehead atoms. The second-order valence-electron chi connectivity index (χ2n) is 5.82. The quantitative estimate of drug-likeness (QED) is 0.691. The summed E-state index contributed by atoms with van der Waals surface area (Å²) in [6, 6.07) is 13.0. The highest BCUT2D eigenvalue weighted by Gasteiger charge is 2.16.